The maximum atomic E-state index is 12.4. The summed E-state index contributed by atoms with van der Waals surface area (Å²) in [5.41, 5.74) is 0. The molecule has 1 fully saturated rings. The Morgan fingerprint density at radius 2 is 1.18 bits per heavy atom. The van der Waals surface area contributed by atoms with E-state index in [-0.39, 0.29) is 12.2 Å². The first-order valence-corrected chi connectivity index (χ1v) is 16.0. The lowest BCUT2D eigenvalue weighted by molar-refractivity contribution is -0.162. The zero-order valence-corrected chi connectivity index (χ0v) is 21.8. The van der Waals surface area contributed by atoms with Crippen molar-refractivity contribution in [3.63, 3.8) is 0 Å². The van der Waals surface area contributed by atoms with Gasteiger partial charge < -0.3 is 29.8 Å². The van der Waals surface area contributed by atoms with E-state index in [2.05, 4.69) is 16.0 Å². The van der Waals surface area contributed by atoms with Crippen LogP contribution in [0.3, 0.4) is 0 Å². The van der Waals surface area contributed by atoms with Crippen LogP contribution in [0.15, 0.2) is 0 Å². The average Bonchev–Trinajstić information content (AvgIpc) is 2.68. The van der Waals surface area contributed by atoms with Crippen LogP contribution in [0, 0.1) is 0 Å². The van der Waals surface area contributed by atoms with Crippen molar-refractivity contribution in [1.82, 2.24) is 0 Å². The third-order valence-corrected chi connectivity index (χ3v) is 7.84. The lowest BCUT2D eigenvalue weighted by atomic mass is 9.87. The smallest absolute Gasteiger partial charge is 0.388 e. The Morgan fingerprint density at radius 1 is 0.735 bits per heavy atom. The summed E-state index contributed by atoms with van der Waals surface area (Å²) in [6, 6.07) is 0. The predicted molar refractivity (Wildman–Crippen MR) is 121 cm³/mol. The number of phosphoric ester groups is 2. The summed E-state index contributed by atoms with van der Waals surface area (Å²) in [6.45, 7) is 2.15. The molecule has 16 heteroatoms. The van der Waals surface area contributed by atoms with Gasteiger partial charge in [-0.3, -0.25) is 13.2 Å². The summed E-state index contributed by atoms with van der Waals surface area (Å²) < 4.78 is 60.7. The Bertz CT molecular complexity index is 781. The molecule has 5 unspecified atom stereocenters. The van der Waals surface area contributed by atoms with E-state index in [0.717, 1.165) is 25.7 Å². The van der Waals surface area contributed by atoms with E-state index in [4.69, 9.17) is 23.8 Å². The molecular formula is C18H38O13P2S. The zero-order chi connectivity index (χ0) is 26.0. The number of unbranched alkanes of at least 4 members (excludes halogenated alkanes) is 9. The highest BCUT2D eigenvalue weighted by Gasteiger charge is 2.50. The molecule has 34 heavy (non-hydrogen) atoms. The second kappa shape index (κ2) is 14.7. The van der Waals surface area contributed by atoms with E-state index in [9.17, 15) is 27.8 Å². The van der Waals surface area contributed by atoms with E-state index < -0.39 is 62.7 Å². The molecule has 0 amide bonds. The van der Waals surface area contributed by atoms with Gasteiger partial charge in [-0.1, -0.05) is 64.7 Å². The van der Waals surface area contributed by atoms with Crippen molar-refractivity contribution in [3.8, 4) is 0 Å². The second-order valence-electron chi connectivity index (χ2n) is 8.49. The van der Waals surface area contributed by atoms with Crippen LogP contribution in [-0.4, -0.2) is 74.5 Å². The van der Waals surface area contributed by atoms with Crippen molar-refractivity contribution in [2.75, 3.05) is 5.75 Å². The minimum atomic E-state index is -5.28. The minimum absolute atomic E-state index is 0.286. The van der Waals surface area contributed by atoms with Crippen LogP contribution >= 0.6 is 15.6 Å². The molecule has 1 aliphatic rings. The lowest BCUT2D eigenvalue weighted by Gasteiger charge is -2.41. The van der Waals surface area contributed by atoms with Crippen LogP contribution in [0.25, 0.3) is 0 Å². The highest BCUT2D eigenvalue weighted by atomic mass is 32.2. The second-order valence-corrected chi connectivity index (χ2v) is 12.6. The summed E-state index contributed by atoms with van der Waals surface area (Å²) >= 11 is 0. The fraction of sp³-hybridized carbons (Fsp3) is 1.00. The summed E-state index contributed by atoms with van der Waals surface area (Å²) in [5, 5.41) is 20.5. The van der Waals surface area contributed by atoms with E-state index in [1.807, 2.05) is 0 Å². The number of aliphatic hydroxyl groups excluding tert-OH is 2. The topological polar surface area (TPSA) is 217 Å². The predicted octanol–water partition coefficient (Wildman–Crippen LogP) is 1.70. The lowest BCUT2D eigenvalue weighted by Crippen LogP contribution is -2.58. The first-order chi connectivity index (χ1) is 15.7. The van der Waals surface area contributed by atoms with Crippen LogP contribution in [-0.2, 0) is 32.5 Å². The molecule has 204 valence electrons. The summed E-state index contributed by atoms with van der Waals surface area (Å²) in [6.07, 6.45) is -0.662. The highest BCUT2D eigenvalue weighted by molar-refractivity contribution is 7.86. The van der Waals surface area contributed by atoms with E-state index in [1.165, 1.54) is 25.7 Å². The molecule has 0 radical (unpaired) electrons. The Morgan fingerprint density at radius 3 is 1.65 bits per heavy atom. The zero-order valence-electron chi connectivity index (χ0n) is 19.2. The van der Waals surface area contributed by atoms with Gasteiger partial charge in [-0.15, -0.1) is 0 Å². The van der Waals surface area contributed by atoms with Gasteiger partial charge in [0, 0.05) is 6.42 Å². The molecule has 1 saturated carbocycles. The van der Waals surface area contributed by atoms with Crippen LogP contribution in [0.5, 0.6) is 0 Å². The Balaban J connectivity index is 2.62. The molecule has 0 spiro atoms. The van der Waals surface area contributed by atoms with Gasteiger partial charge in [-0.05, 0) is 6.42 Å². The Labute approximate surface area is 200 Å². The first-order valence-electron chi connectivity index (χ1n) is 11.4. The van der Waals surface area contributed by atoms with Crippen molar-refractivity contribution in [1.29, 1.82) is 0 Å². The molecule has 6 N–H and O–H groups in total. The molecule has 13 nitrogen and oxygen atoms in total. The van der Waals surface area contributed by atoms with Gasteiger partial charge in [0.1, 0.15) is 30.5 Å². The number of aliphatic hydroxyl groups is 2. The highest BCUT2D eigenvalue weighted by Crippen LogP contribution is 2.46. The molecule has 0 aromatic carbocycles. The summed E-state index contributed by atoms with van der Waals surface area (Å²) in [5.74, 6) is -0.386. The third kappa shape index (κ3) is 13.4. The quantitative estimate of drug-likeness (QED) is 0.0855. The number of phosphoric acid groups is 2. The van der Waals surface area contributed by atoms with Crippen molar-refractivity contribution in [3.05, 3.63) is 0 Å². The fourth-order valence-electron chi connectivity index (χ4n) is 3.80. The van der Waals surface area contributed by atoms with Gasteiger partial charge in [0.25, 0.3) is 10.1 Å². The fourth-order valence-corrected chi connectivity index (χ4v) is 6.15. The molecule has 0 aliphatic heterocycles. The van der Waals surface area contributed by atoms with Gasteiger partial charge in [-0.2, -0.15) is 8.42 Å². The summed E-state index contributed by atoms with van der Waals surface area (Å²) in [7, 11) is -14.7. The Hall–Kier alpha value is 0.0500. The van der Waals surface area contributed by atoms with Gasteiger partial charge >= 0.3 is 15.6 Å². The van der Waals surface area contributed by atoms with E-state index in [1.54, 1.807) is 0 Å². The molecule has 0 aromatic rings. The van der Waals surface area contributed by atoms with Crippen molar-refractivity contribution in [2.24, 2.45) is 0 Å². The van der Waals surface area contributed by atoms with E-state index in [0.29, 0.717) is 6.42 Å². The maximum absolute atomic E-state index is 12.4. The molecule has 1 aliphatic carbocycles. The van der Waals surface area contributed by atoms with Crippen molar-refractivity contribution >= 4 is 25.8 Å². The molecule has 1 rings (SSSR count). The molecule has 0 saturated heterocycles. The van der Waals surface area contributed by atoms with Gasteiger partial charge in [-0.25, -0.2) is 9.13 Å². The van der Waals surface area contributed by atoms with Gasteiger partial charge in [0.05, 0.1) is 5.75 Å². The molecule has 0 bridgehead atoms. The summed E-state index contributed by atoms with van der Waals surface area (Å²) in [4.78, 5) is 36.1. The SMILES string of the molecule is CCCCCCCCCCCCS(=O)(=O)OC1CC(OP(=O)(O)O)C(O)C(OP(=O)(O)O)C1O. The largest absolute Gasteiger partial charge is 0.470 e. The third-order valence-electron chi connectivity index (χ3n) is 5.45. The Kier molecular flexibility index (Phi) is 13.9. The average molecular weight is 557 g/mol. The molecular weight excluding hydrogens is 518 g/mol. The van der Waals surface area contributed by atoms with Crippen molar-refractivity contribution < 1.29 is 60.6 Å². The molecule has 0 heterocycles. The van der Waals surface area contributed by atoms with Crippen LogP contribution < -0.4 is 0 Å². The number of hydrogen-bond donors (Lipinski definition) is 6. The van der Waals surface area contributed by atoms with Crippen LogP contribution in [0.2, 0.25) is 0 Å². The number of rotatable bonds is 17. The normalized spacial score (nSPS) is 26.6. The standard InChI is InChI=1S/C18H38O13P2S/c1-2-3-4-5-6-7-8-9-10-11-12-34(27,28)31-15-13-14(29-32(21,22)23)16(19)18(17(15)20)30-33(24,25)26/h14-20H,2-13H2,1H3,(H2,21,22,23)(H2,24,25,26). The van der Waals surface area contributed by atoms with Crippen LogP contribution in [0.4, 0.5) is 0 Å². The van der Waals surface area contributed by atoms with E-state index >= 15 is 0 Å². The van der Waals surface area contributed by atoms with Crippen molar-refractivity contribution in [2.45, 2.75) is 108 Å². The molecule has 5 atom stereocenters. The monoisotopic (exact) mass is 556 g/mol. The minimum Gasteiger partial charge on any atom is -0.388 e. The van der Waals surface area contributed by atoms with Crippen LogP contribution in [0.1, 0.15) is 77.6 Å². The molecule has 0 aromatic heterocycles. The number of hydrogen-bond acceptors (Lipinski definition) is 9. The first kappa shape index (κ1) is 32.1. The van der Waals surface area contributed by atoms with Gasteiger partial charge in [0.15, 0.2) is 0 Å². The maximum Gasteiger partial charge on any atom is 0.470 e. The van der Waals surface area contributed by atoms with Gasteiger partial charge in [0.2, 0.25) is 0 Å².